The Hall–Kier alpha value is -1.62. The topological polar surface area (TPSA) is 41.6 Å². The highest BCUT2D eigenvalue weighted by Crippen LogP contribution is 2.19. The molecule has 0 spiro atoms. The molecule has 0 aromatic heterocycles. The summed E-state index contributed by atoms with van der Waals surface area (Å²) >= 11 is 0. The summed E-state index contributed by atoms with van der Waals surface area (Å²) in [5, 5.41) is 3.24. The van der Waals surface area contributed by atoms with Crippen molar-refractivity contribution in [1.82, 2.24) is 10.2 Å². The van der Waals surface area contributed by atoms with Crippen molar-refractivity contribution < 1.29 is 13.9 Å². The van der Waals surface area contributed by atoms with E-state index in [1.807, 2.05) is 7.05 Å². The highest BCUT2D eigenvalue weighted by Gasteiger charge is 2.22. The lowest BCUT2D eigenvalue weighted by Crippen LogP contribution is -2.38. The van der Waals surface area contributed by atoms with Gasteiger partial charge in [0, 0.05) is 26.1 Å². The number of hydrogen-bond acceptors (Lipinski definition) is 3. The number of nitrogens with zero attached hydrogens (tertiary/aromatic N) is 1. The van der Waals surface area contributed by atoms with Gasteiger partial charge in [0.1, 0.15) is 0 Å². The molecule has 0 radical (unpaired) electrons. The first-order valence-electron chi connectivity index (χ1n) is 6.90. The summed E-state index contributed by atoms with van der Waals surface area (Å²) in [4.78, 5) is 13.9. The van der Waals surface area contributed by atoms with Crippen LogP contribution < -0.4 is 10.1 Å². The molecule has 1 aliphatic heterocycles. The highest BCUT2D eigenvalue weighted by atomic mass is 19.1. The lowest BCUT2D eigenvalue weighted by molar-refractivity contribution is -0.131. The molecule has 1 N–H and O–H groups in total. The zero-order chi connectivity index (χ0) is 14.5. The van der Waals surface area contributed by atoms with Crippen molar-refractivity contribution in [2.45, 2.75) is 25.3 Å². The number of carbonyl (C=O) groups excluding carboxylic acids is 1. The van der Waals surface area contributed by atoms with E-state index in [-0.39, 0.29) is 23.5 Å². The lowest BCUT2D eigenvalue weighted by Gasteiger charge is -2.23. The van der Waals surface area contributed by atoms with Crippen LogP contribution in [0.3, 0.4) is 0 Å². The number of hydrogen-bond donors (Lipinski definition) is 1. The summed E-state index contributed by atoms with van der Waals surface area (Å²) in [6.45, 7) is 1.82. The molecule has 20 heavy (non-hydrogen) atoms. The summed E-state index contributed by atoms with van der Waals surface area (Å²) in [6.07, 6.45) is 1.95. The smallest absolute Gasteiger partial charge is 0.222 e. The van der Waals surface area contributed by atoms with Crippen LogP contribution in [0.25, 0.3) is 0 Å². The Balaban J connectivity index is 1.88. The van der Waals surface area contributed by atoms with Crippen molar-refractivity contribution in [2.75, 3.05) is 27.2 Å². The van der Waals surface area contributed by atoms with Gasteiger partial charge in [0.15, 0.2) is 11.6 Å². The fourth-order valence-corrected chi connectivity index (χ4v) is 2.47. The van der Waals surface area contributed by atoms with Gasteiger partial charge in [-0.05, 0) is 37.1 Å². The number of rotatable bonds is 5. The standard InChI is InChI=1S/C15H21FN2O2/c1-18(12-7-8-17-10-12)15(19)6-4-11-3-5-14(20-2)13(16)9-11/h3,5,9,12,17H,4,6-8,10H2,1-2H3/t12-/m1/s1. The van der Waals surface area contributed by atoms with Crippen LogP contribution in [0, 0.1) is 5.82 Å². The molecule has 0 bridgehead atoms. The minimum Gasteiger partial charge on any atom is -0.494 e. The Morgan fingerprint density at radius 1 is 1.55 bits per heavy atom. The molecule has 1 saturated heterocycles. The number of methoxy groups -OCH3 is 1. The second-order valence-electron chi connectivity index (χ2n) is 5.12. The van der Waals surface area contributed by atoms with Gasteiger partial charge in [-0.15, -0.1) is 0 Å². The first-order valence-corrected chi connectivity index (χ1v) is 6.90. The van der Waals surface area contributed by atoms with Gasteiger partial charge in [-0.3, -0.25) is 4.79 Å². The summed E-state index contributed by atoms with van der Waals surface area (Å²) in [6, 6.07) is 5.12. The molecule has 1 atom stereocenters. The molecular formula is C15H21FN2O2. The van der Waals surface area contributed by atoms with E-state index in [9.17, 15) is 9.18 Å². The molecule has 5 heteroatoms. The molecule has 4 nitrogen and oxygen atoms in total. The number of halogens is 1. The molecule has 1 heterocycles. The molecule has 1 aromatic rings. The first kappa shape index (κ1) is 14.8. The Morgan fingerprint density at radius 3 is 2.95 bits per heavy atom. The average molecular weight is 280 g/mol. The third-order valence-corrected chi connectivity index (χ3v) is 3.82. The third kappa shape index (κ3) is 3.48. The third-order valence-electron chi connectivity index (χ3n) is 3.82. The van der Waals surface area contributed by atoms with Crippen molar-refractivity contribution in [3.8, 4) is 5.75 Å². The lowest BCUT2D eigenvalue weighted by atomic mass is 10.1. The van der Waals surface area contributed by atoms with Crippen molar-refractivity contribution >= 4 is 5.91 Å². The highest BCUT2D eigenvalue weighted by molar-refractivity contribution is 5.76. The van der Waals surface area contributed by atoms with Crippen LogP contribution in [0.1, 0.15) is 18.4 Å². The molecule has 1 aromatic carbocycles. The van der Waals surface area contributed by atoms with Gasteiger partial charge in [0.05, 0.1) is 7.11 Å². The average Bonchev–Trinajstić information content (AvgIpc) is 2.98. The van der Waals surface area contributed by atoms with Crippen molar-refractivity contribution in [1.29, 1.82) is 0 Å². The maximum absolute atomic E-state index is 13.6. The van der Waals surface area contributed by atoms with Crippen LogP contribution in [0.4, 0.5) is 4.39 Å². The fraction of sp³-hybridized carbons (Fsp3) is 0.533. The molecule has 1 fully saturated rings. The predicted octanol–water partition coefficient (Wildman–Crippen LogP) is 1.59. The van der Waals surface area contributed by atoms with Crippen molar-refractivity contribution in [3.63, 3.8) is 0 Å². The van der Waals surface area contributed by atoms with E-state index in [0.717, 1.165) is 25.1 Å². The quantitative estimate of drug-likeness (QED) is 0.890. The van der Waals surface area contributed by atoms with Crippen LogP contribution in [0.15, 0.2) is 18.2 Å². The summed E-state index contributed by atoms with van der Waals surface area (Å²) in [5.41, 5.74) is 0.814. The van der Waals surface area contributed by atoms with Crippen LogP contribution in [-0.4, -0.2) is 44.1 Å². The molecule has 110 valence electrons. The van der Waals surface area contributed by atoms with Crippen LogP contribution in [0.5, 0.6) is 5.75 Å². The fourth-order valence-electron chi connectivity index (χ4n) is 2.47. The van der Waals surface area contributed by atoms with Gasteiger partial charge in [-0.1, -0.05) is 6.07 Å². The number of nitrogens with one attached hydrogen (secondary N) is 1. The number of aryl methyl sites for hydroxylation is 1. The molecular weight excluding hydrogens is 259 g/mol. The van der Waals surface area contributed by atoms with E-state index in [0.29, 0.717) is 12.8 Å². The molecule has 0 saturated carbocycles. The van der Waals surface area contributed by atoms with Gasteiger partial charge in [0.2, 0.25) is 5.91 Å². The van der Waals surface area contributed by atoms with Crippen LogP contribution in [0.2, 0.25) is 0 Å². The van der Waals surface area contributed by atoms with Crippen LogP contribution >= 0.6 is 0 Å². The van der Waals surface area contributed by atoms with Crippen molar-refractivity contribution in [2.24, 2.45) is 0 Å². The number of benzene rings is 1. The monoisotopic (exact) mass is 280 g/mol. The number of likely N-dealkylation sites (N-methyl/N-ethyl adjacent to an activating group) is 1. The second-order valence-corrected chi connectivity index (χ2v) is 5.12. The summed E-state index contributed by atoms with van der Waals surface area (Å²) in [5.74, 6) is -0.0463. The Morgan fingerprint density at radius 2 is 2.35 bits per heavy atom. The zero-order valence-electron chi connectivity index (χ0n) is 12.0. The summed E-state index contributed by atoms with van der Waals surface area (Å²) in [7, 11) is 3.28. The molecule has 0 unspecified atom stereocenters. The summed E-state index contributed by atoms with van der Waals surface area (Å²) < 4.78 is 18.4. The molecule has 1 amide bonds. The largest absolute Gasteiger partial charge is 0.494 e. The van der Waals surface area contributed by atoms with E-state index in [1.54, 1.807) is 17.0 Å². The van der Waals surface area contributed by atoms with Crippen molar-refractivity contribution in [3.05, 3.63) is 29.6 Å². The zero-order valence-corrected chi connectivity index (χ0v) is 12.0. The Kier molecular flexibility index (Phi) is 4.95. The SMILES string of the molecule is COc1ccc(CCC(=O)N(C)[C@@H]2CCNC2)cc1F. The van der Waals surface area contributed by atoms with Gasteiger partial charge < -0.3 is 15.0 Å². The second kappa shape index (κ2) is 6.70. The van der Waals surface area contributed by atoms with E-state index in [4.69, 9.17) is 4.74 Å². The van der Waals surface area contributed by atoms with Gasteiger partial charge in [0.25, 0.3) is 0 Å². The number of carbonyl (C=O) groups is 1. The Labute approximate surface area is 118 Å². The van der Waals surface area contributed by atoms with E-state index < -0.39 is 0 Å². The molecule has 0 aliphatic carbocycles. The minimum absolute atomic E-state index is 0.106. The maximum Gasteiger partial charge on any atom is 0.222 e. The van der Waals surface area contributed by atoms with Gasteiger partial charge in [-0.2, -0.15) is 0 Å². The van der Waals surface area contributed by atoms with E-state index in [2.05, 4.69) is 5.32 Å². The normalized spacial score (nSPS) is 18.1. The predicted molar refractivity (Wildman–Crippen MR) is 75.3 cm³/mol. The van der Waals surface area contributed by atoms with Gasteiger partial charge >= 0.3 is 0 Å². The number of ether oxygens (including phenoxy) is 1. The molecule has 2 rings (SSSR count). The Bertz CT molecular complexity index is 473. The minimum atomic E-state index is -0.384. The van der Waals surface area contributed by atoms with E-state index in [1.165, 1.54) is 13.2 Å². The maximum atomic E-state index is 13.6. The first-order chi connectivity index (χ1) is 9.61. The number of amides is 1. The van der Waals surface area contributed by atoms with E-state index >= 15 is 0 Å². The van der Waals surface area contributed by atoms with Gasteiger partial charge in [-0.25, -0.2) is 4.39 Å². The molecule has 1 aliphatic rings. The van der Waals surface area contributed by atoms with Crippen LogP contribution in [-0.2, 0) is 11.2 Å².